The Morgan fingerprint density at radius 3 is 2.62 bits per heavy atom. The molecule has 1 aliphatic carbocycles. The monoisotopic (exact) mass is 219 g/mol. The van der Waals surface area contributed by atoms with E-state index in [-0.39, 0.29) is 6.10 Å². The van der Waals surface area contributed by atoms with E-state index in [9.17, 15) is 5.11 Å². The fourth-order valence-corrected chi connectivity index (χ4v) is 2.26. The summed E-state index contributed by atoms with van der Waals surface area (Å²) in [5, 5.41) is 10.2. The van der Waals surface area contributed by atoms with Crippen molar-refractivity contribution in [1.82, 2.24) is 4.90 Å². The molecule has 0 heterocycles. The second kappa shape index (κ2) is 4.98. The molecule has 1 aliphatic rings. The molecule has 0 aromatic heterocycles. The van der Waals surface area contributed by atoms with Crippen LogP contribution in [-0.2, 0) is 0 Å². The molecule has 2 nitrogen and oxygen atoms in total. The quantitative estimate of drug-likeness (QED) is 0.822. The van der Waals surface area contributed by atoms with Gasteiger partial charge in [-0.1, -0.05) is 31.2 Å². The summed E-state index contributed by atoms with van der Waals surface area (Å²) in [6.45, 7) is 6.04. The normalized spacial score (nSPS) is 17.8. The molecule has 16 heavy (non-hydrogen) atoms. The molecule has 1 unspecified atom stereocenters. The average molecular weight is 219 g/mol. The molecule has 1 aromatic carbocycles. The molecule has 1 atom stereocenters. The van der Waals surface area contributed by atoms with Gasteiger partial charge in [0.05, 0.1) is 6.10 Å². The van der Waals surface area contributed by atoms with Crippen LogP contribution in [0.4, 0.5) is 0 Å². The van der Waals surface area contributed by atoms with Crippen molar-refractivity contribution in [3.63, 3.8) is 0 Å². The molecule has 0 aliphatic heterocycles. The molecule has 0 radical (unpaired) electrons. The van der Waals surface area contributed by atoms with Crippen LogP contribution in [0.5, 0.6) is 0 Å². The van der Waals surface area contributed by atoms with E-state index in [0.29, 0.717) is 0 Å². The van der Waals surface area contributed by atoms with E-state index < -0.39 is 0 Å². The van der Waals surface area contributed by atoms with Crippen molar-refractivity contribution < 1.29 is 5.11 Å². The highest BCUT2D eigenvalue weighted by Crippen LogP contribution is 2.29. The smallest absolute Gasteiger partial charge is 0.0919 e. The SMILES string of the molecule is CCN(CC(O)c1ccccc1C)C1CC1. The lowest BCUT2D eigenvalue weighted by atomic mass is 10.0. The second-order valence-corrected chi connectivity index (χ2v) is 4.69. The number of hydrogen-bond acceptors (Lipinski definition) is 2. The van der Waals surface area contributed by atoms with Gasteiger partial charge in [0.15, 0.2) is 0 Å². The van der Waals surface area contributed by atoms with Gasteiger partial charge in [-0.05, 0) is 37.4 Å². The standard InChI is InChI=1S/C14H21NO/c1-3-15(12-8-9-12)10-14(16)13-7-5-4-6-11(13)2/h4-7,12,14,16H,3,8-10H2,1-2H3. The molecule has 2 rings (SSSR count). The van der Waals surface area contributed by atoms with Crippen molar-refractivity contribution >= 4 is 0 Å². The Labute approximate surface area is 97.9 Å². The summed E-state index contributed by atoms with van der Waals surface area (Å²) in [6, 6.07) is 8.83. The highest BCUT2D eigenvalue weighted by atomic mass is 16.3. The van der Waals surface area contributed by atoms with Gasteiger partial charge in [0, 0.05) is 12.6 Å². The van der Waals surface area contributed by atoms with E-state index in [1.54, 1.807) is 0 Å². The maximum absolute atomic E-state index is 10.2. The summed E-state index contributed by atoms with van der Waals surface area (Å²) in [7, 11) is 0. The van der Waals surface area contributed by atoms with E-state index in [2.05, 4.69) is 24.8 Å². The molecule has 0 saturated heterocycles. The third-order valence-corrected chi connectivity index (χ3v) is 3.42. The predicted molar refractivity (Wildman–Crippen MR) is 66.4 cm³/mol. The first-order valence-electron chi connectivity index (χ1n) is 6.20. The van der Waals surface area contributed by atoms with Gasteiger partial charge in [0.2, 0.25) is 0 Å². The van der Waals surface area contributed by atoms with Crippen LogP contribution in [0.25, 0.3) is 0 Å². The van der Waals surface area contributed by atoms with Gasteiger partial charge in [0.1, 0.15) is 0 Å². The number of rotatable bonds is 5. The van der Waals surface area contributed by atoms with Crippen molar-refractivity contribution in [3.8, 4) is 0 Å². The third kappa shape index (κ3) is 2.63. The van der Waals surface area contributed by atoms with Crippen molar-refractivity contribution in [2.45, 2.75) is 38.8 Å². The number of nitrogens with zero attached hydrogens (tertiary/aromatic N) is 1. The summed E-state index contributed by atoms with van der Waals surface area (Å²) >= 11 is 0. The first kappa shape index (κ1) is 11.6. The summed E-state index contributed by atoms with van der Waals surface area (Å²) in [5.41, 5.74) is 2.25. The Hall–Kier alpha value is -0.860. The molecule has 1 fully saturated rings. The first-order chi connectivity index (χ1) is 7.72. The molecule has 1 aromatic rings. The maximum atomic E-state index is 10.2. The summed E-state index contributed by atoms with van der Waals surface area (Å²) in [5.74, 6) is 0. The van der Waals surface area contributed by atoms with Gasteiger partial charge >= 0.3 is 0 Å². The number of benzene rings is 1. The second-order valence-electron chi connectivity index (χ2n) is 4.69. The van der Waals surface area contributed by atoms with E-state index >= 15 is 0 Å². The van der Waals surface area contributed by atoms with Crippen LogP contribution >= 0.6 is 0 Å². The first-order valence-corrected chi connectivity index (χ1v) is 6.20. The van der Waals surface area contributed by atoms with Crippen LogP contribution < -0.4 is 0 Å². The molecule has 0 bridgehead atoms. The lowest BCUT2D eigenvalue weighted by Crippen LogP contribution is -2.30. The van der Waals surface area contributed by atoms with Crippen LogP contribution in [0.3, 0.4) is 0 Å². The zero-order valence-corrected chi connectivity index (χ0v) is 10.2. The predicted octanol–water partition coefficient (Wildman–Crippen LogP) is 2.51. The van der Waals surface area contributed by atoms with Gasteiger partial charge in [-0.25, -0.2) is 0 Å². The minimum absolute atomic E-state index is 0.346. The molecule has 88 valence electrons. The van der Waals surface area contributed by atoms with Crippen LogP contribution in [0.1, 0.15) is 37.0 Å². The van der Waals surface area contributed by atoms with Gasteiger partial charge in [-0.15, -0.1) is 0 Å². The Bertz CT molecular complexity index is 346. The van der Waals surface area contributed by atoms with E-state index in [4.69, 9.17) is 0 Å². The molecule has 2 heteroatoms. The molecule has 0 amide bonds. The largest absolute Gasteiger partial charge is 0.387 e. The maximum Gasteiger partial charge on any atom is 0.0919 e. The lowest BCUT2D eigenvalue weighted by Gasteiger charge is -2.24. The Balaban J connectivity index is 2.01. The minimum Gasteiger partial charge on any atom is -0.387 e. The van der Waals surface area contributed by atoms with Crippen LogP contribution in [-0.4, -0.2) is 29.1 Å². The van der Waals surface area contributed by atoms with Gasteiger partial charge in [-0.2, -0.15) is 0 Å². The van der Waals surface area contributed by atoms with Crippen LogP contribution in [0.15, 0.2) is 24.3 Å². The highest BCUT2D eigenvalue weighted by molar-refractivity contribution is 5.27. The molecule has 1 saturated carbocycles. The average Bonchev–Trinajstić information content (AvgIpc) is 3.10. The number of hydrogen-bond donors (Lipinski definition) is 1. The molecular weight excluding hydrogens is 198 g/mol. The number of likely N-dealkylation sites (N-methyl/N-ethyl adjacent to an activating group) is 1. The lowest BCUT2D eigenvalue weighted by molar-refractivity contribution is 0.111. The van der Waals surface area contributed by atoms with Crippen molar-refractivity contribution in [3.05, 3.63) is 35.4 Å². The fraction of sp³-hybridized carbons (Fsp3) is 0.571. The zero-order chi connectivity index (χ0) is 11.5. The van der Waals surface area contributed by atoms with Gasteiger partial charge < -0.3 is 5.11 Å². The molecule has 0 spiro atoms. The van der Waals surface area contributed by atoms with Crippen molar-refractivity contribution in [2.24, 2.45) is 0 Å². The zero-order valence-electron chi connectivity index (χ0n) is 10.2. The summed E-state index contributed by atoms with van der Waals surface area (Å²) in [6.07, 6.45) is 2.25. The van der Waals surface area contributed by atoms with Crippen molar-refractivity contribution in [1.29, 1.82) is 0 Å². The summed E-state index contributed by atoms with van der Waals surface area (Å²) in [4.78, 5) is 2.39. The fourth-order valence-electron chi connectivity index (χ4n) is 2.26. The minimum atomic E-state index is -0.346. The highest BCUT2D eigenvalue weighted by Gasteiger charge is 2.29. The number of aliphatic hydroxyl groups excluding tert-OH is 1. The van der Waals surface area contributed by atoms with E-state index in [1.165, 1.54) is 18.4 Å². The van der Waals surface area contributed by atoms with Crippen LogP contribution in [0, 0.1) is 6.92 Å². The van der Waals surface area contributed by atoms with Gasteiger partial charge in [-0.3, -0.25) is 4.90 Å². The van der Waals surface area contributed by atoms with Crippen molar-refractivity contribution in [2.75, 3.05) is 13.1 Å². The number of aliphatic hydroxyl groups is 1. The topological polar surface area (TPSA) is 23.5 Å². The van der Waals surface area contributed by atoms with Gasteiger partial charge in [0.25, 0.3) is 0 Å². The third-order valence-electron chi connectivity index (χ3n) is 3.42. The number of aryl methyl sites for hydroxylation is 1. The Morgan fingerprint density at radius 1 is 1.38 bits per heavy atom. The Kier molecular flexibility index (Phi) is 3.62. The Morgan fingerprint density at radius 2 is 2.06 bits per heavy atom. The van der Waals surface area contributed by atoms with Crippen LogP contribution in [0.2, 0.25) is 0 Å². The van der Waals surface area contributed by atoms with E-state index in [0.717, 1.165) is 24.7 Å². The molecule has 1 N–H and O–H groups in total. The van der Waals surface area contributed by atoms with E-state index in [1.807, 2.05) is 18.2 Å². The summed E-state index contributed by atoms with van der Waals surface area (Å²) < 4.78 is 0. The molecular formula is C14H21NO.